The van der Waals surface area contributed by atoms with Gasteiger partial charge < -0.3 is 19.5 Å². The van der Waals surface area contributed by atoms with Crippen molar-refractivity contribution < 1.29 is 19.5 Å². The molecule has 1 aliphatic heterocycles. The van der Waals surface area contributed by atoms with E-state index in [4.69, 9.17) is 15.8 Å². The van der Waals surface area contributed by atoms with Crippen LogP contribution >= 0.6 is 0 Å². The van der Waals surface area contributed by atoms with Crippen LogP contribution in [0.5, 0.6) is 0 Å². The standard InChI is InChI=1S/C28H39N5O4/c1-3-21-17-24(11-12-26(21)31(2)29)23-5-4-6-25(18-23)33(28(35)32-13-15-37-16-14-32)19-20-7-9-22(10-8-20)27(34)30-36/h5,7-9,11-12,17,22,25,36H,3-4,6,10,13-16,18-19,29H2,1-2H3,(H,30,34)/t22-,25-/m1/s1. The lowest BCUT2D eigenvalue weighted by molar-refractivity contribution is -0.131. The van der Waals surface area contributed by atoms with Crippen molar-refractivity contribution in [1.29, 1.82) is 0 Å². The van der Waals surface area contributed by atoms with Gasteiger partial charge in [0.05, 0.1) is 24.8 Å². The van der Waals surface area contributed by atoms with Crippen molar-refractivity contribution in [1.82, 2.24) is 15.3 Å². The summed E-state index contributed by atoms with van der Waals surface area (Å²) in [5.74, 6) is 5.20. The van der Waals surface area contributed by atoms with Gasteiger partial charge in [-0.05, 0) is 66.5 Å². The minimum atomic E-state index is -0.423. The summed E-state index contributed by atoms with van der Waals surface area (Å²) in [6.45, 7) is 4.90. The maximum absolute atomic E-state index is 13.8. The number of aryl methyl sites for hydroxylation is 1. The van der Waals surface area contributed by atoms with Crippen LogP contribution in [0.1, 0.15) is 43.7 Å². The van der Waals surface area contributed by atoms with E-state index >= 15 is 0 Å². The second-order valence-electron chi connectivity index (χ2n) is 9.94. The van der Waals surface area contributed by atoms with Crippen molar-refractivity contribution in [3.8, 4) is 0 Å². The van der Waals surface area contributed by atoms with Gasteiger partial charge in [0, 0.05) is 32.7 Å². The Labute approximate surface area is 219 Å². The number of anilines is 1. The highest BCUT2D eigenvalue weighted by molar-refractivity contribution is 5.80. The largest absolute Gasteiger partial charge is 0.378 e. The van der Waals surface area contributed by atoms with Crippen molar-refractivity contribution in [2.75, 3.05) is 44.9 Å². The number of allylic oxidation sites excluding steroid dienone is 2. The summed E-state index contributed by atoms with van der Waals surface area (Å²) in [4.78, 5) is 29.4. The third-order valence-electron chi connectivity index (χ3n) is 7.50. The normalized spacial score (nSPS) is 21.7. The molecule has 3 aliphatic rings. The molecule has 1 saturated heterocycles. The van der Waals surface area contributed by atoms with Crippen molar-refractivity contribution in [2.45, 2.75) is 45.1 Å². The molecule has 3 amide bonds. The monoisotopic (exact) mass is 509 g/mol. The summed E-state index contributed by atoms with van der Waals surface area (Å²) in [7, 11) is 1.85. The van der Waals surface area contributed by atoms with Gasteiger partial charge in [-0.3, -0.25) is 10.0 Å². The molecule has 0 unspecified atom stereocenters. The molecule has 37 heavy (non-hydrogen) atoms. The average Bonchev–Trinajstić information content (AvgIpc) is 2.95. The number of benzene rings is 1. The molecule has 1 heterocycles. The van der Waals surface area contributed by atoms with Crippen LogP contribution in [-0.4, -0.2) is 72.9 Å². The van der Waals surface area contributed by atoms with Crippen molar-refractivity contribution in [3.05, 3.63) is 59.2 Å². The molecule has 9 nitrogen and oxygen atoms in total. The van der Waals surface area contributed by atoms with Crippen molar-refractivity contribution in [3.63, 3.8) is 0 Å². The maximum atomic E-state index is 13.8. The molecule has 0 radical (unpaired) electrons. The molecule has 0 spiro atoms. The van der Waals surface area contributed by atoms with E-state index in [1.165, 1.54) is 16.7 Å². The van der Waals surface area contributed by atoms with Crippen LogP contribution in [0.25, 0.3) is 5.57 Å². The van der Waals surface area contributed by atoms with Gasteiger partial charge in [0.25, 0.3) is 5.91 Å². The number of carbonyl (C=O) groups is 2. The molecule has 1 aromatic rings. The molecule has 0 saturated carbocycles. The van der Waals surface area contributed by atoms with Gasteiger partial charge in [0.2, 0.25) is 0 Å². The highest BCUT2D eigenvalue weighted by Gasteiger charge is 2.31. The third-order valence-corrected chi connectivity index (χ3v) is 7.50. The number of morpholine rings is 1. The van der Waals surface area contributed by atoms with E-state index in [0.29, 0.717) is 39.3 Å². The fourth-order valence-corrected chi connectivity index (χ4v) is 5.35. The van der Waals surface area contributed by atoms with Gasteiger partial charge in [-0.1, -0.05) is 37.3 Å². The first-order valence-corrected chi connectivity index (χ1v) is 13.2. The summed E-state index contributed by atoms with van der Waals surface area (Å²) < 4.78 is 5.48. The Morgan fingerprint density at radius 1 is 1.24 bits per heavy atom. The molecule has 0 bridgehead atoms. The van der Waals surface area contributed by atoms with Gasteiger partial charge >= 0.3 is 6.03 Å². The van der Waals surface area contributed by atoms with Crippen LogP contribution in [0, 0.1) is 5.92 Å². The number of urea groups is 1. The second-order valence-corrected chi connectivity index (χ2v) is 9.94. The molecule has 9 heteroatoms. The summed E-state index contributed by atoms with van der Waals surface area (Å²) >= 11 is 0. The summed E-state index contributed by atoms with van der Waals surface area (Å²) in [5, 5.41) is 10.6. The number of hydroxylamine groups is 1. The summed E-state index contributed by atoms with van der Waals surface area (Å²) in [5.41, 5.74) is 7.38. The topological polar surface area (TPSA) is 111 Å². The maximum Gasteiger partial charge on any atom is 0.320 e. The van der Waals surface area contributed by atoms with Crippen molar-refractivity contribution in [2.24, 2.45) is 11.8 Å². The molecule has 4 N–H and O–H groups in total. The molecule has 200 valence electrons. The number of nitrogens with zero attached hydrogens (tertiary/aromatic N) is 3. The fourth-order valence-electron chi connectivity index (χ4n) is 5.35. The van der Waals surface area contributed by atoms with E-state index in [2.05, 4.69) is 31.2 Å². The molecule has 2 atom stereocenters. The smallest absolute Gasteiger partial charge is 0.320 e. The summed E-state index contributed by atoms with van der Waals surface area (Å²) in [6.07, 6.45) is 12.0. The van der Waals surface area contributed by atoms with Gasteiger partial charge in [0.15, 0.2) is 0 Å². The van der Waals surface area contributed by atoms with Gasteiger partial charge in [-0.2, -0.15) is 0 Å². The Hall–Kier alpha value is -3.14. The molecule has 0 aromatic heterocycles. The minimum Gasteiger partial charge on any atom is -0.378 e. The lowest BCUT2D eigenvalue weighted by Crippen LogP contribution is -2.52. The number of nitrogens with one attached hydrogen (secondary N) is 1. The third kappa shape index (κ3) is 6.41. The van der Waals surface area contributed by atoms with Crippen molar-refractivity contribution >= 4 is 23.2 Å². The van der Waals surface area contributed by atoms with Crippen LogP contribution < -0.4 is 16.3 Å². The van der Waals surface area contributed by atoms with Crippen LogP contribution in [0.4, 0.5) is 10.5 Å². The van der Waals surface area contributed by atoms with E-state index in [0.717, 1.165) is 36.9 Å². The lowest BCUT2D eigenvalue weighted by atomic mass is 9.87. The molecule has 1 fully saturated rings. The first-order valence-electron chi connectivity index (χ1n) is 13.2. The Balaban J connectivity index is 1.54. The van der Waals surface area contributed by atoms with Crippen LogP contribution in [0.15, 0.2) is 48.1 Å². The number of hydrogen-bond acceptors (Lipinski definition) is 6. The van der Waals surface area contributed by atoms with Gasteiger partial charge in [0.1, 0.15) is 0 Å². The zero-order valence-electron chi connectivity index (χ0n) is 21.9. The van der Waals surface area contributed by atoms with E-state index in [1.54, 1.807) is 16.6 Å². The highest BCUT2D eigenvalue weighted by Crippen LogP contribution is 2.33. The number of nitrogens with two attached hydrogens (primary N) is 1. The zero-order chi connectivity index (χ0) is 26.4. The van der Waals surface area contributed by atoms with E-state index < -0.39 is 11.8 Å². The van der Waals surface area contributed by atoms with E-state index in [-0.39, 0.29) is 12.1 Å². The second kappa shape index (κ2) is 12.4. The minimum absolute atomic E-state index is 0.0356. The Bertz CT molecular complexity index is 1070. The number of rotatable bonds is 7. The average molecular weight is 510 g/mol. The van der Waals surface area contributed by atoms with Crippen LogP contribution in [0.2, 0.25) is 0 Å². The first-order chi connectivity index (χ1) is 17.9. The number of carbonyl (C=O) groups excluding carboxylic acids is 2. The van der Waals surface area contributed by atoms with E-state index in [9.17, 15) is 9.59 Å². The molecular formula is C28H39N5O4. The Morgan fingerprint density at radius 2 is 2.03 bits per heavy atom. The van der Waals surface area contributed by atoms with Gasteiger partial charge in [-0.15, -0.1) is 0 Å². The Kier molecular flexibility index (Phi) is 9.02. The zero-order valence-corrected chi connectivity index (χ0v) is 21.9. The number of ether oxygens (including phenoxy) is 1. The molecular weight excluding hydrogens is 470 g/mol. The quantitative estimate of drug-likeness (QED) is 0.296. The molecule has 1 aromatic carbocycles. The molecule has 4 rings (SSSR count). The predicted octanol–water partition coefficient (Wildman–Crippen LogP) is 3.26. The van der Waals surface area contributed by atoms with E-state index in [1.807, 2.05) is 29.0 Å². The fraction of sp³-hybridized carbons (Fsp3) is 0.500. The SMILES string of the molecule is CCc1cc(C2=CCC[C@@H](N(CC3=CC[C@H](C(=O)NO)C=C3)C(=O)N3CCOCC3)C2)ccc1N(C)N. The van der Waals surface area contributed by atoms with Crippen LogP contribution in [-0.2, 0) is 16.0 Å². The summed E-state index contributed by atoms with van der Waals surface area (Å²) in [6, 6.07) is 6.52. The highest BCUT2D eigenvalue weighted by atomic mass is 16.5. The lowest BCUT2D eigenvalue weighted by Gasteiger charge is -2.39. The molecule has 2 aliphatic carbocycles. The number of hydrogen-bond donors (Lipinski definition) is 3. The Morgan fingerprint density at radius 3 is 2.68 bits per heavy atom. The predicted molar refractivity (Wildman–Crippen MR) is 144 cm³/mol. The number of amides is 3. The first kappa shape index (κ1) is 26.9. The number of hydrazine groups is 1. The van der Waals surface area contributed by atoms with Gasteiger partial charge in [-0.25, -0.2) is 16.1 Å². The van der Waals surface area contributed by atoms with Crippen LogP contribution in [0.3, 0.4) is 0 Å².